The fourth-order valence-electron chi connectivity index (χ4n) is 0.708. The molecule has 62 valence electrons. The van der Waals surface area contributed by atoms with Gasteiger partial charge in [-0.1, -0.05) is 22.0 Å². The zero-order valence-corrected chi connectivity index (χ0v) is 7.99. The summed E-state index contributed by atoms with van der Waals surface area (Å²) in [7, 11) is 0. The Hall–Kier alpha value is -0.960. The average Bonchev–Trinajstić information content (AvgIpc) is 2.16. The smallest absolute Gasteiger partial charge is 0.166 e. The lowest BCUT2D eigenvalue weighted by Gasteiger charge is -1.88. The SMILES string of the molecule is O=C(C=Cc1ccncc1)CBr. The molecule has 0 aromatic carbocycles. The predicted molar refractivity (Wildman–Crippen MR) is 52.1 cm³/mol. The van der Waals surface area contributed by atoms with Crippen LogP contribution in [0.25, 0.3) is 6.08 Å². The maximum Gasteiger partial charge on any atom is 0.166 e. The maximum atomic E-state index is 10.8. The second-order valence-electron chi connectivity index (χ2n) is 2.21. The number of carbonyl (C=O) groups is 1. The first kappa shape index (κ1) is 9.13. The molecule has 0 aliphatic carbocycles. The van der Waals surface area contributed by atoms with E-state index in [4.69, 9.17) is 0 Å². The highest BCUT2D eigenvalue weighted by atomic mass is 79.9. The van der Waals surface area contributed by atoms with Crippen molar-refractivity contribution >= 4 is 27.8 Å². The molecule has 1 aromatic heterocycles. The average molecular weight is 226 g/mol. The first-order chi connectivity index (χ1) is 5.83. The molecule has 0 fully saturated rings. The largest absolute Gasteiger partial charge is 0.294 e. The Morgan fingerprint density at radius 1 is 1.50 bits per heavy atom. The molecule has 0 saturated carbocycles. The third kappa shape index (κ3) is 2.96. The number of halogens is 1. The van der Waals surface area contributed by atoms with Gasteiger partial charge in [-0.25, -0.2) is 0 Å². The summed E-state index contributed by atoms with van der Waals surface area (Å²) < 4.78 is 0. The van der Waals surface area contributed by atoms with Crippen LogP contribution in [0.2, 0.25) is 0 Å². The van der Waals surface area contributed by atoms with Crippen LogP contribution < -0.4 is 0 Å². The lowest BCUT2D eigenvalue weighted by atomic mass is 10.2. The van der Waals surface area contributed by atoms with E-state index in [0.717, 1.165) is 5.56 Å². The molecule has 0 unspecified atom stereocenters. The van der Waals surface area contributed by atoms with Crippen molar-refractivity contribution in [3.05, 3.63) is 36.2 Å². The number of rotatable bonds is 3. The van der Waals surface area contributed by atoms with Gasteiger partial charge in [0.2, 0.25) is 0 Å². The van der Waals surface area contributed by atoms with Crippen molar-refractivity contribution in [3.8, 4) is 0 Å². The Morgan fingerprint density at radius 3 is 2.75 bits per heavy atom. The molecular weight excluding hydrogens is 218 g/mol. The minimum Gasteiger partial charge on any atom is -0.294 e. The lowest BCUT2D eigenvalue weighted by Crippen LogP contribution is -1.90. The molecule has 0 aliphatic rings. The van der Waals surface area contributed by atoms with Crippen LogP contribution >= 0.6 is 15.9 Å². The minimum atomic E-state index is 0.0619. The summed E-state index contributed by atoms with van der Waals surface area (Å²) in [5.41, 5.74) is 0.985. The number of aromatic nitrogens is 1. The van der Waals surface area contributed by atoms with E-state index in [1.807, 2.05) is 12.1 Å². The molecule has 1 aromatic rings. The number of pyridine rings is 1. The summed E-state index contributed by atoms with van der Waals surface area (Å²) in [5.74, 6) is 0.0619. The second kappa shape index (κ2) is 4.83. The monoisotopic (exact) mass is 225 g/mol. The molecule has 12 heavy (non-hydrogen) atoms. The van der Waals surface area contributed by atoms with E-state index < -0.39 is 0 Å². The lowest BCUT2D eigenvalue weighted by molar-refractivity contribution is -0.112. The van der Waals surface area contributed by atoms with Crippen LogP contribution in [-0.2, 0) is 4.79 Å². The molecule has 0 N–H and O–H groups in total. The van der Waals surface area contributed by atoms with E-state index in [1.54, 1.807) is 24.5 Å². The van der Waals surface area contributed by atoms with Crippen LogP contribution in [0.4, 0.5) is 0 Å². The Labute approximate surface area is 79.5 Å². The molecule has 2 nitrogen and oxygen atoms in total. The van der Waals surface area contributed by atoms with Crippen molar-refractivity contribution in [3.63, 3.8) is 0 Å². The summed E-state index contributed by atoms with van der Waals surface area (Å²) in [6.45, 7) is 0. The molecule has 0 spiro atoms. The van der Waals surface area contributed by atoms with E-state index in [0.29, 0.717) is 5.33 Å². The number of allylic oxidation sites excluding steroid dienone is 1. The zero-order chi connectivity index (χ0) is 8.81. The van der Waals surface area contributed by atoms with Gasteiger partial charge in [0.05, 0.1) is 5.33 Å². The predicted octanol–water partition coefficient (Wildman–Crippen LogP) is 2.06. The molecular formula is C9H8BrNO. The van der Waals surface area contributed by atoms with Gasteiger partial charge in [0.15, 0.2) is 5.78 Å². The fourth-order valence-corrected chi connectivity index (χ4v) is 0.895. The van der Waals surface area contributed by atoms with Crippen LogP contribution in [-0.4, -0.2) is 16.1 Å². The molecule has 3 heteroatoms. The normalized spacial score (nSPS) is 10.4. The quantitative estimate of drug-likeness (QED) is 0.583. The fraction of sp³-hybridized carbons (Fsp3) is 0.111. The number of hydrogen-bond acceptors (Lipinski definition) is 2. The molecule has 0 bridgehead atoms. The zero-order valence-electron chi connectivity index (χ0n) is 6.40. The van der Waals surface area contributed by atoms with Gasteiger partial charge in [0.1, 0.15) is 0 Å². The second-order valence-corrected chi connectivity index (χ2v) is 2.77. The molecule has 0 amide bonds. The van der Waals surface area contributed by atoms with Gasteiger partial charge in [-0.15, -0.1) is 0 Å². The summed E-state index contributed by atoms with van der Waals surface area (Å²) in [6.07, 6.45) is 6.70. The number of alkyl halides is 1. The number of carbonyl (C=O) groups excluding carboxylic acids is 1. The minimum absolute atomic E-state index is 0.0619. The molecule has 0 saturated heterocycles. The topological polar surface area (TPSA) is 30.0 Å². The first-order valence-electron chi connectivity index (χ1n) is 3.50. The van der Waals surface area contributed by atoms with Gasteiger partial charge >= 0.3 is 0 Å². The molecule has 0 atom stereocenters. The Balaban J connectivity index is 2.64. The van der Waals surface area contributed by atoms with Crippen molar-refractivity contribution in [1.82, 2.24) is 4.98 Å². The summed E-state index contributed by atoms with van der Waals surface area (Å²) >= 11 is 3.08. The first-order valence-corrected chi connectivity index (χ1v) is 4.62. The molecule has 1 rings (SSSR count). The van der Waals surface area contributed by atoms with Crippen molar-refractivity contribution < 1.29 is 4.79 Å². The summed E-state index contributed by atoms with van der Waals surface area (Å²) in [6, 6.07) is 3.69. The number of hydrogen-bond donors (Lipinski definition) is 0. The van der Waals surface area contributed by atoms with E-state index in [9.17, 15) is 4.79 Å². The third-order valence-electron chi connectivity index (χ3n) is 1.30. The highest BCUT2D eigenvalue weighted by Crippen LogP contribution is 1.99. The van der Waals surface area contributed by atoms with Crippen LogP contribution in [0, 0.1) is 0 Å². The molecule has 0 aliphatic heterocycles. The highest BCUT2D eigenvalue weighted by molar-refractivity contribution is 9.09. The Bertz CT molecular complexity index is 282. The van der Waals surface area contributed by atoms with Crippen molar-refractivity contribution in [2.24, 2.45) is 0 Å². The van der Waals surface area contributed by atoms with E-state index >= 15 is 0 Å². The van der Waals surface area contributed by atoms with Gasteiger partial charge in [-0.3, -0.25) is 9.78 Å². The molecule has 1 heterocycles. The summed E-state index contributed by atoms with van der Waals surface area (Å²) in [5, 5.41) is 0.370. The van der Waals surface area contributed by atoms with E-state index in [2.05, 4.69) is 20.9 Å². The third-order valence-corrected chi connectivity index (χ3v) is 1.85. The van der Waals surface area contributed by atoms with Gasteiger partial charge in [-0.2, -0.15) is 0 Å². The Kier molecular flexibility index (Phi) is 3.67. The van der Waals surface area contributed by atoms with Gasteiger partial charge in [0, 0.05) is 12.4 Å². The Morgan fingerprint density at radius 2 is 2.17 bits per heavy atom. The maximum absolute atomic E-state index is 10.8. The van der Waals surface area contributed by atoms with E-state index in [1.165, 1.54) is 0 Å². The van der Waals surface area contributed by atoms with Crippen LogP contribution in [0.3, 0.4) is 0 Å². The van der Waals surface area contributed by atoms with Crippen molar-refractivity contribution in [2.45, 2.75) is 0 Å². The van der Waals surface area contributed by atoms with Crippen LogP contribution in [0.15, 0.2) is 30.6 Å². The number of ketones is 1. The van der Waals surface area contributed by atoms with Gasteiger partial charge in [-0.05, 0) is 23.8 Å². The van der Waals surface area contributed by atoms with E-state index in [-0.39, 0.29) is 5.78 Å². The standard InChI is InChI=1S/C9H8BrNO/c10-7-9(12)2-1-8-3-5-11-6-4-8/h1-6H,7H2. The summed E-state index contributed by atoms with van der Waals surface area (Å²) in [4.78, 5) is 14.7. The molecule has 0 radical (unpaired) electrons. The number of nitrogens with zero attached hydrogens (tertiary/aromatic N) is 1. The van der Waals surface area contributed by atoms with Crippen LogP contribution in [0.1, 0.15) is 5.56 Å². The van der Waals surface area contributed by atoms with Gasteiger partial charge in [0.25, 0.3) is 0 Å². The van der Waals surface area contributed by atoms with Crippen molar-refractivity contribution in [1.29, 1.82) is 0 Å². The van der Waals surface area contributed by atoms with Crippen molar-refractivity contribution in [2.75, 3.05) is 5.33 Å². The van der Waals surface area contributed by atoms with Crippen LogP contribution in [0.5, 0.6) is 0 Å². The van der Waals surface area contributed by atoms with Gasteiger partial charge < -0.3 is 0 Å². The highest BCUT2D eigenvalue weighted by Gasteiger charge is 1.90.